The number of nitrogens with one attached hydrogen (secondary N) is 1. The van der Waals surface area contributed by atoms with Crippen molar-refractivity contribution in [1.29, 1.82) is 0 Å². The maximum atomic E-state index is 13.0. The number of allylic oxidation sites excluding steroid dienone is 1. The molecule has 4 rings (SSSR count). The molecule has 0 atom stereocenters. The monoisotopic (exact) mass is 462 g/mol. The number of rotatable bonds is 5. The van der Waals surface area contributed by atoms with E-state index in [1.807, 2.05) is 6.07 Å². The van der Waals surface area contributed by atoms with Crippen molar-refractivity contribution >= 4 is 64.4 Å². The molecule has 1 aromatic heterocycles. The first-order valence-corrected chi connectivity index (χ1v) is 10.3. The van der Waals surface area contributed by atoms with Gasteiger partial charge in [-0.15, -0.1) is 0 Å². The number of furan rings is 1. The van der Waals surface area contributed by atoms with Gasteiger partial charge in [0.05, 0.1) is 5.69 Å². The third kappa shape index (κ3) is 4.59. The molecule has 158 valence electrons. The molecule has 32 heavy (non-hydrogen) atoms. The Balaban J connectivity index is 1.56. The van der Waals surface area contributed by atoms with Crippen LogP contribution in [0.2, 0.25) is 5.02 Å². The number of nitrogens with zero attached hydrogens (tertiary/aromatic N) is 1. The first-order valence-electron chi connectivity index (χ1n) is 9.47. The predicted molar refractivity (Wildman–Crippen MR) is 126 cm³/mol. The molecule has 1 aliphatic rings. The highest BCUT2D eigenvalue weighted by molar-refractivity contribution is 7.80. The molecule has 6 nitrogen and oxygen atoms in total. The van der Waals surface area contributed by atoms with Crippen molar-refractivity contribution < 1.29 is 18.8 Å². The van der Waals surface area contributed by atoms with Crippen molar-refractivity contribution in [2.75, 3.05) is 4.90 Å². The summed E-state index contributed by atoms with van der Waals surface area (Å²) in [5.74, 6) is -0.711. The SMILES string of the molecule is O=C1NC(=S)N(c2ccc(Cl)cc2)C(=O)/C1=C/c1ccc(/C=C/C(=O)c2ccccc2)o1. The number of benzene rings is 2. The number of carbonyl (C=O) groups is 3. The maximum absolute atomic E-state index is 13.0. The Morgan fingerprint density at radius 1 is 0.969 bits per heavy atom. The van der Waals surface area contributed by atoms with E-state index in [-0.39, 0.29) is 22.2 Å². The van der Waals surface area contributed by atoms with Crippen LogP contribution in [0, 0.1) is 0 Å². The Hall–Kier alpha value is -3.81. The summed E-state index contributed by atoms with van der Waals surface area (Å²) in [6, 6.07) is 18.5. The van der Waals surface area contributed by atoms with E-state index >= 15 is 0 Å². The van der Waals surface area contributed by atoms with Gasteiger partial charge in [-0.05, 0) is 66.8 Å². The number of thiocarbonyl (C=S) groups is 1. The second-order valence-corrected chi connectivity index (χ2v) is 7.56. The van der Waals surface area contributed by atoms with E-state index in [0.29, 0.717) is 22.0 Å². The van der Waals surface area contributed by atoms with Crippen LogP contribution in [0.3, 0.4) is 0 Å². The summed E-state index contributed by atoms with van der Waals surface area (Å²) in [6.45, 7) is 0. The molecule has 2 heterocycles. The molecule has 1 N–H and O–H groups in total. The fraction of sp³-hybridized carbons (Fsp3) is 0. The molecule has 0 aliphatic carbocycles. The van der Waals surface area contributed by atoms with Gasteiger partial charge >= 0.3 is 0 Å². The van der Waals surface area contributed by atoms with Gasteiger partial charge in [-0.3, -0.25) is 24.6 Å². The topological polar surface area (TPSA) is 79.6 Å². The van der Waals surface area contributed by atoms with Gasteiger partial charge in [0.1, 0.15) is 17.1 Å². The molecule has 1 saturated heterocycles. The summed E-state index contributed by atoms with van der Waals surface area (Å²) < 4.78 is 5.64. The van der Waals surface area contributed by atoms with Crippen LogP contribution in [0.25, 0.3) is 12.2 Å². The van der Waals surface area contributed by atoms with Gasteiger partial charge in [0.2, 0.25) is 0 Å². The molecular weight excluding hydrogens is 448 g/mol. The van der Waals surface area contributed by atoms with E-state index in [0.717, 1.165) is 0 Å². The molecule has 3 aromatic rings. The van der Waals surface area contributed by atoms with Gasteiger partial charge in [-0.1, -0.05) is 41.9 Å². The highest BCUT2D eigenvalue weighted by Crippen LogP contribution is 2.24. The first kappa shape index (κ1) is 21.4. The normalized spacial score (nSPS) is 15.5. The number of ketones is 1. The van der Waals surface area contributed by atoms with Crippen molar-refractivity contribution in [1.82, 2.24) is 5.32 Å². The van der Waals surface area contributed by atoms with E-state index in [4.69, 9.17) is 28.2 Å². The minimum atomic E-state index is -0.627. The highest BCUT2D eigenvalue weighted by atomic mass is 35.5. The third-order valence-electron chi connectivity index (χ3n) is 4.58. The van der Waals surface area contributed by atoms with Gasteiger partial charge in [-0.2, -0.15) is 0 Å². The summed E-state index contributed by atoms with van der Waals surface area (Å²) in [6.07, 6.45) is 4.25. The smallest absolute Gasteiger partial charge is 0.270 e. The Morgan fingerprint density at radius 3 is 2.38 bits per heavy atom. The Morgan fingerprint density at radius 2 is 1.66 bits per heavy atom. The van der Waals surface area contributed by atoms with E-state index in [9.17, 15) is 14.4 Å². The van der Waals surface area contributed by atoms with Crippen molar-refractivity contribution in [3.63, 3.8) is 0 Å². The molecule has 0 bridgehead atoms. The lowest BCUT2D eigenvalue weighted by molar-refractivity contribution is -0.122. The fourth-order valence-corrected chi connectivity index (χ4v) is 3.42. The maximum Gasteiger partial charge on any atom is 0.270 e. The van der Waals surface area contributed by atoms with Crippen molar-refractivity contribution in [2.24, 2.45) is 0 Å². The fourth-order valence-electron chi connectivity index (χ4n) is 3.02. The van der Waals surface area contributed by atoms with Crippen molar-refractivity contribution in [2.45, 2.75) is 0 Å². The molecule has 0 radical (unpaired) electrons. The summed E-state index contributed by atoms with van der Waals surface area (Å²) in [7, 11) is 0. The zero-order chi connectivity index (χ0) is 22.7. The Kier molecular flexibility index (Phi) is 6.11. The van der Waals surface area contributed by atoms with Crippen LogP contribution in [0.1, 0.15) is 21.9 Å². The highest BCUT2D eigenvalue weighted by Gasteiger charge is 2.34. The van der Waals surface area contributed by atoms with Gasteiger partial charge in [0, 0.05) is 10.6 Å². The number of amides is 2. The molecule has 0 saturated carbocycles. The standard InChI is InChI=1S/C24H15ClN2O4S/c25-16-6-8-17(9-7-16)27-23(30)20(22(29)26-24(27)32)14-19-11-10-18(31-19)12-13-21(28)15-4-2-1-3-5-15/h1-14H,(H,26,29,32)/b13-12+,20-14+. The summed E-state index contributed by atoms with van der Waals surface area (Å²) in [5, 5.41) is 2.98. The average molecular weight is 463 g/mol. The van der Waals surface area contributed by atoms with Crippen molar-refractivity contribution in [3.8, 4) is 0 Å². The summed E-state index contributed by atoms with van der Waals surface area (Å²) in [5.41, 5.74) is 0.886. The number of hydrogen-bond donors (Lipinski definition) is 1. The molecular formula is C24H15ClN2O4S. The molecule has 1 fully saturated rings. The minimum Gasteiger partial charge on any atom is -0.457 e. The van der Waals surface area contributed by atoms with Crippen LogP contribution in [-0.4, -0.2) is 22.7 Å². The van der Waals surface area contributed by atoms with Crippen LogP contribution in [0.15, 0.2) is 82.8 Å². The predicted octanol–water partition coefficient (Wildman–Crippen LogP) is 4.66. The largest absolute Gasteiger partial charge is 0.457 e. The summed E-state index contributed by atoms with van der Waals surface area (Å²) in [4.78, 5) is 38.8. The zero-order valence-electron chi connectivity index (χ0n) is 16.4. The molecule has 0 spiro atoms. The van der Waals surface area contributed by atoms with Crippen LogP contribution in [-0.2, 0) is 9.59 Å². The van der Waals surface area contributed by atoms with E-state index in [2.05, 4.69) is 5.32 Å². The lowest BCUT2D eigenvalue weighted by Gasteiger charge is -2.28. The Bertz CT molecular complexity index is 1280. The number of carbonyl (C=O) groups excluding carboxylic acids is 3. The molecule has 8 heteroatoms. The van der Waals surface area contributed by atoms with Gasteiger partial charge in [0.25, 0.3) is 11.8 Å². The number of halogens is 1. The third-order valence-corrected chi connectivity index (χ3v) is 5.11. The zero-order valence-corrected chi connectivity index (χ0v) is 18.0. The number of hydrogen-bond acceptors (Lipinski definition) is 5. The molecule has 0 unspecified atom stereocenters. The van der Waals surface area contributed by atoms with Gasteiger partial charge < -0.3 is 4.42 Å². The molecule has 1 aliphatic heterocycles. The van der Waals surface area contributed by atoms with Crippen LogP contribution in [0.4, 0.5) is 5.69 Å². The molecule has 2 aromatic carbocycles. The van der Waals surface area contributed by atoms with Crippen LogP contribution >= 0.6 is 23.8 Å². The second-order valence-electron chi connectivity index (χ2n) is 6.74. The second kappa shape index (κ2) is 9.13. The minimum absolute atomic E-state index is 0.0260. The first-order chi connectivity index (χ1) is 15.4. The van der Waals surface area contributed by atoms with Gasteiger partial charge in [-0.25, -0.2) is 0 Å². The van der Waals surface area contributed by atoms with Crippen LogP contribution < -0.4 is 10.2 Å². The van der Waals surface area contributed by atoms with E-state index in [1.54, 1.807) is 60.7 Å². The lowest BCUT2D eigenvalue weighted by atomic mass is 10.1. The quantitative estimate of drug-likeness (QED) is 0.258. The number of anilines is 1. The van der Waals surface area contributed by atoms with E-state index in [1.165, 1.54) is 23.1 Å². The van der Waals surface area contributed by atoms with Crippen molar-refractivity contribution in [3.05, 3.63) is 100 Å². The van der Waals surface area contributed by atoms with E-state index < -0.39 is 11.8 Å². The van der Waals surface area contributed by atoms with Crippen LogP contribution in [0.5, 0.6) is 0 Å². The lowest BCUT2D eigenvalue weighted by Crippen LogP contribution is -2.54. The molecule has 2 amide bonds. The summed E-state index contributed by atoms with van der Waals surface area (Å²) >= 11 is 11.1. The van der Waals surface area contributed by atoms with Gasteiger partial charge in [0.15, 0.2) is 10.9 Å². The average Bonchev–Trinajstić information content (AvgIpc) is 3.24. The Labute approximate surface area is 193 Å².